The van der Waals surface area contributed by atoms with E-state index < -0.39 is 23.8 Å². The Balaban J connectivity index is 1.11. The molecule has 3 aromatic rings. The number of nitrogens with zero attached hydrogens (tertiary/aromatic N) is 6. The van der Waals surface area contributed by atoms with Crippen molar-refractivity contribution in [2.45, 2.75) is 50.9 Å². The fourth-order valence-corrected chi connectivity index (χ4v) is 4.64. The monoisotopic (exact) mass is 508 g/mol. The lowest BCUT2D eigenvalue weighted by Gasteiger charge is -2.19. The molecule has 0 aliphatic carbocycles. The lowest BCUT2D eigenvalue weighted by Crippen LogP contribution is -2.31. The molecule has 1 amide bonds. The SMILES string of the molecule is CC1(C)OCC(C2CC(c3ccc(-c4ccc(N5CC(Cn6ccnn6)OC5=O)cc4F)cn3)=NO2)O1. The summed E-state index contributed by atoms with van der Waals surface area (Å²) >= 11 is 0. The number of anilines is 1. The summed E-state index contributed by atoms with van der Waals surface area (Å²) in [6.07, 6.45) is 4.01. The maximum absolute atomic E-state index is 15.1. The zero-order chi connectivity index (χ0) is 25.6. The summed E-state index contributed by atoms with van der Waals surface area (Å²) in [5.41, 5.74) is 2.75. The van der Waals surface area contributed by atoms with Crippen molar-refractivity contribution in [3.63, 3.8) is 0 Å². The molecule has 0 saturated carbocycles. The molecule has 192 valence electrons. The smallest absolute Gasteiger partial charge is 0.414 e. The number of cyclic esters (lactones) is 1. The average molecular weight is 509 g/mol. The molecule has 3 atom stereocenters. The Kier molecular flexibility index (Phi) is 5.84. The number of amides is 1. The van der Waals surface area contributed by atoms with Crippen LogP contribution in [0.2, 0.25) is 0 Å². The molecule has 3 aliphatic rings. The predicted molar refractivity (Wildman–Crippen MR) is 128 cm³/mol. The van der Waals surface area contributed by atoms with Gasteiger partial charge in [0, 0.05) is 29.9 Å². The molecule has 1 aromatic carbocycles. The first kappa shape index (κ1) is 23.5. The minimum absolute atomic E-state index is 0.200. The van der Waals surface area contributed by atoms with Crippen molar-refractivity contribution < 1.29 is 28.2 Å². The van der Waals surface area contributed by atoms with Gasteiger partial charge in [-0.2, -0.15) is 0 Å². The van der Waals surface area contributed by atoms with E-state index in [4.69, 9.17) is 19.0 Å². The van der Waals surface area contributed by atoms with E-state index in [-0.39, 0.29) is 18.8 Å². The second-order valence-electron chi connectivity index (χ2n) is 9.59. The Hall–Kier alpha value is -3.90. The second-order valence-corrected chi connectivity index (χ2v) is 9.59. The van der Waals surface area contributed by atoms with E-state index in [0.717, 1.165) is 0 Å². The van der Waals surface area contributed by atoms with Gasteiger partial charge in [0.25, 0.3) is 0 Å². The van der Waals surface area contributed by atoms with Gasteiger partial charge in [-0.3, -0.25) is 9.88 Å². The maximum Gasteiger partial charge on any atom is 0.414 e. The Morgan fingerprint density at radius 1 is 1.19 bits per heavy atom. The van der Waals surface area contributed by atoms with Crippen LogP contribution in [0.1, 0.15) is 26.0 Å². The molecule has 2 aromatic heterocycles. The molecule has 3 aliphatic heterocycles. The Labute approximate surface area is 211 Å². The van der Waals surface area contributed by atoms with E-state index in [1.165, 1.54) is 11.0 Å². The van der Waals surface area contributed by atoms with Crippen LogP contribution in [0, 0.1) is 5.82 Å². The summed E-state index contributed by atoms with van der Waals surface area (Å²) in [5, 5.41) is 11.8. The number of rotatable bonds is 6. The van der Waals surface area contributed by atoms with Gasteiger partial charge < -0.3 is 19.0 Å². The van der Waals surface area contributed by atoms with Crippen molar-refractivity contribution in [2.75, 3.05) is 18.1 Å². The molecular weight excluding hydrogens is 483 g/mol. The number of ether oxygens (including phenoxy) is 3. The van der Waals surface area contributed by atoms with Crippen LogP contribution in [0.3, 0.4) is 0 Å². The summed E-state index contributed by atoms with van der Waals surface area (Å²) in [7, 11) is 0. The summed E-state index contributed by atoms with van der Waals surface area (Å²) in [4.78, 5) is 23.8. The van der Waals surface area contributed by atoms with Crippen LogP contribution in [-0.4, -0.2) is 69.0 Å². The quantitative estimate of drug-likeness (QED) is 0.499. The van der Waals surface area contributed by atoms with Crippen LogP contribution < -0.4 is 4.90 Å². The predicted octanol–water partition coefficient (Wildman–Crippen LogP) is 3.15. The first-order valence-corrected chi connectivity index (χ1v) is 12.0. The van der Waals surface area contributed by atoms with Gasteiger partial charge in [-0.05, 0) is 38.1 Å². The lowest BCUT2D eigenvalue weighted by atomic mass is 10.0. The van der Waals surface area contributed by atoms with Gasteiger partial charge >= 0.3 is 6.09 Å². The first-order chi connectivity index (χ1) is 17.8. The molecule has 37 heavy (non-hydrogen) atoms. The first-order valence-electron chi connectivity index (χ1n) is 12.0. The summed E-state index contributed by atoms with van der Waals surface area (Å²) in [5.74, 6) is -1.10. The zero-order valence-corrected chi connectivity index (χ0v) is 20.3. The highest BCUT2D eigenvalue weighted by Gasteiger charge is 2.41. The van der Waals surface area contributed by atoms with Gasteiger partial charge in [0.05, 0.1) is 37.3 Å². The third kappa shape index (κ3) is 4.77. The third-order valence-electron chi connectivity index (χ3n) is 6.51. The average Bonchev–Trinajstić information content (AvgIpc) is 3.67. The van der Waals surface area contributed by atoms with Gasteiger partial charge in [0.2, 0.25) is 0 Å². The molecule has 0 bridgehead atoms. The maximum atomic E-state index is 15.1. The van der Waals surface area contributed by atoms with E-state index in [0.29, 0.717) is 47.8 Å². The fourth-order valence-electron chi connectivity index (χ4n) is 4.64. The van der Waals surface area contributed by atoms with E-state index in [1.54, 1.807) is 47.5 Å². The Morgan fingerprint density at radius 3 is 2.78 bits per heavy atom. The molecule has 11 nitrogen and oxygen atoms in total. The number of aromatic nitrogens is 4. The number of pyridine rings is 1. The van der Waals surface area contributed by atoms with Crippen LogP contribution in [0.5, 0.6) is 0 Å². The number of oxime groups is 1. The Bertz CT molecular complexity index is 1330. The van der Waals surface area contributed by atoms with Gasteiger partial charge in [0.1, 0.15) is 23.7 Å². The second kappa shape index (κ2) is 9.20. The van der Waals surface area contributed by atoms with Gasteiger partial charge in [-0.1, -0.05) is 16.4 Å². The van der Waals surface area contributed by atoms with E-state index in [1.807, 2.05) is 13.8 Å². The van der Waals surface area contributed by atoms with E-state index in [9.17, 15) is 4.79 Å². The standard InChI is InChI=1S/C25H25FN6O5/c1-25(2)34-14-23(36-25)22-10-21(29-37-22)20-6-3-15(11-27-20)18-5-4-16(9-19(18)26)32-13-17(35-24(32)33)12-31-8-7-28-30-31/h3-9,11,17,22-23H,10,12-14H2,1-2H3. The molecule has 3 unspecified atom stereocenters. The van der Waals surface area contributed by atoms with E-state index in [2.05, 4.69) is 20.5 Å². The minimum atomic E-state index is -0.634. The number of carbonyl (C=O) groups is 1. The number of hydrogen-bond donors (Lipinski definition) is 0. The highest BCUT2D eigenvalue weighted by Crippen LogP contribution is 2.31. The molecule has 5 heterocycles. The van der Waals surface area contributed by atoms with Crippen molar-refractivity contribution in [3.05, 3.63) is 60.4 Å². The van der Waals surface area contributed by atoms with Gasteiger partial charge in [-0.15, -0.1) is 5.10 Å². The number of halogens is 1. The van der Waals surface area contributed by atoms with E-state index >= 15 is 4.39 Å². The molecule has 0 spiro atoms. The molecular formula is C25H25FN6O5. The van der Waals surface area contributed by atoms with Crippen molar-refractivity contribution in [1.29, 1.82) is 0 Å². The van der Waals surface area contributed by atoms with Crippen LogP contribution in [0.4, 0.5) is 14.9 Å². The van der Waals surface area contributed by atoms with Crippen LogP contribution in [-0.2, 0) is 25.6 Å². The summed E-state index contributed by atoms with van der Waals surface area (Å²) in [6, 6.07) is 8.22. The summed E-state index contributed by atoms with van der Waals surface area (Å²) in [6.45, 7) is 4.83. The van der Waals surface area contributed by atoms with Crippen molar-refractivity contribution in [1.82, 2.24) is 20.0 Å². The van der Waals surface area contributed by atoms with Gasteiger partial charge in [0.15, 0.2) is 11.9 Å². The molecule has 2 fully saturated rings. The number of benzene rings is 1. The zero-order valence-electron chi connectivity index (χ0n) is 20.3. The number of hydrogen-bond acceptors (Lipinski definition) is 9. The van der Waals surface area contributed by atoms with Gasteiger partial charge in [-0.25, -0.2) is 13.9 Å². The fraction of sp³-hybridized carbons (Fsp3) is 0.400. The molecule has 0 radical (unpaired) electrons. The van der Waals surface area contributed by atoms with Crippen molar-refractivity contribution >= 4 is 17.5 Å². The molecule has 2 saturated heterocycles. The molecule has 12 heteroatoms. The minimum Gasteiger partial charge on any atom is -0.442 e. The van der Waals surface area contributed by atoms with Crippen molar-refractivity contribution in [3.8, 4) is 11.1 Å². The highest BCUT2D eigenvalue weighted by molar-refractivity contribution is 5.99. The Morgan fingerprint density at radius 2 is 2.08 bits per heavy atom. The lowest BCUT2D eigenvalue weighted by molar-refractivity contribution is -0.153. The molecule has 6 rings (SSSR count). The van der Waals surface area contributed by atoms with Crippen molar-refractivity contribution in [2.24, 2.45) is 5.16 Å². The number of carbonyl (C=O) groups excluding carboxylic acids is 1. The van der Waals surface area contributed by atoms with Crippen LogP contribution in [0.15, 0.2) is 54.1 Å². The third-order valence-corrected chi connectivity index (χ3v) is 6.51. The van der Waals surface area contributed by atoms with Crippen LogP contribution >= 0.6 is 0 Å². The largest absolute Gasteiger partial charge is 0.442 e. The molecule has 0 N–H and O–H groups in total. The van der Waals surface area contributed by atoms with Crippen LogP contribution in [0.25, 0.3) is 11.1 Å². The normalized spacial score (nSPS) is 24.7. The topological polar surface area (TPSA) is 113 Å². The highest BCUT2D eigenvalue weighted by atomic mass is 19.1. The summed E-state index contributed by atoms with van der Waals surface area (Å²) < 4.78 is 33.6.